The standard InChI is InChI=1S/C19H23N5O/c1-3-18-17(12-22-24(18)14-15-7-5-4-6-8-15)19(25)20-10-9-16-11-21-23(2)13-16/h4-8,11-13H,3,9-10,14H2,1-2H3,(H,20,25). The molecule has 0 saturated heterocycles. The molecule has 1 amide bonds. The van der Waals surface area contributed by atoms with Crippen molar-refractivity contribution in [2.75, 3.05) is 6.54 Å². The van der Waals surface area contributed by atoms with Gasteiger partial charge in [-0.15, -0.1) is 0 Å². The van der Waals surface area contributed by atoms with Crippen LogP contribution in [0.25, 0.3) is 0 Å². The van der Waals surface area contributed by atoms with Gasteiger partial charge in [0.15, 0.2) is 0 Å². The quantitative estimate of drug-likeness (QED) is 0.719. The first-order valence-electron chi connectivity index (χ1n) is 8.51. The molecule has 0 spiro atoms. The molecule has 6 heteroatoms. The van der Waals surface area contributed by atoms with Crippen LogP contribution in [0.15, 0.2) is 48.9 Å². The molecule has 3 aromatic rings. The minimum Gasteiger partial charge on any atom is -0.352 e. The third-order valence-electron chi connectivity index (χ3n) is 4.16. The fourth-order valence-corrected chi connectivity index (χ4v) is 2.88. The monoisotopic (exact) mass is 337 g/mol. The summed E-state index contributed by atoms with van der Waals surface area (Å²) < 4.78 is 3.67. The molecule has 0 radical (unpaired) electrons. The first-order chi connectivity index (χ1) is 12.2. The summed E-state index contributed by atoms with van der Waals surface area (Å²) in [4.78, 5) is 12.5. The summed E-state index contributed by atoms with van der Waals surface area (Å²) in [6, 6.07) is 10.1. The van der Waals surface area contributed by atoms with Crippen molar-refractivity contribution in [2.24, 2.45) is 7.05 Å². The number of aryl methyl sites for hydroxylation is 1. The van der Waals surface area contributed by atoms with Crippen molar-refractivity contribution in [3.63, 3.8) is 0 Å². The van der Waals surface area contributed by atoms with Crippen LogP contribution in [0.3, 0.4) is 0 Å². The zero-order valence-corrected chi connectivity index (χ0v) is 14.6. The van der Waals surface area contributed by atoms with Crippen molar-refractivity contribution in [1.82, 2.24) is 24.9 Å². The maximum atomic E-state index is 12.5. The van der Waals surface area contributed by atoms with Crippen LogP contribution in [-0.2, 0) is 26.4 Å². The number of hydrogen-bond acceptors (Lipinski definition) is 3. The topological polar surface area (TPSA) is 64.7 Å². The van der Waals surface area contributed by atoms with Gasteiger partial charge in [-0.05, 0) is 24.0 Å². The Balaban J connectivity index is 1.64. The molecule has 130 valence electrons. The van der Waals surface area contributed by atoms with E-state index in [1.54, 1.807) is 10.9 Å². The van der Waals surface area contributed by atoms with Crippen LogP contribution in [0.4, 0.5) is 0 Å². The number of carbonyl (C=O) groups is 1. The molecular weight excluding hydrogens is 314 g/mol. The van der Waals surface area contributed by atoms with E-state index >= 15 is 0 Å². The summed E-state index contributed by atoms with van der Waals surface area (Å²) in [6.07, 6.45) is 6.97. The summed E-state index contributed by atoms with van der Waals surface area (Å²) in [5.74, 6) is -0.0694. The van der Waals surface area contributed by atoms with Crippen molar-refractivity contribution >= 4 is 5.91 Å². The molecule has 2 aromatic heterocycles. The summed E-state index contributed by atoms with van der Waals surface area (Å²) >= 11 is 0. The van der Waals surface area contributed by atoms with Gasteiger partial charge < -0.3 is 5.32 Å². The SMILES string of the molecule is CCc1c(C(=O)NCCc2cnn(C)c2)cnn1Cc1ccccc1. The molecule has 3 rings (SSSR count). The second-order valence-corrected chi connectivity index (χ2v) is 6.03. The van der Waals surface area contributed by atoms with E-state index in [0.29, 0.717) is 18.7 Å². The van der Waals surface area contributed by atoms with E-state index in [4.69, 9.17) is 0 Å². The van der Waals surface area contributed by atoms with Crippen LogP contribution in [-0.4, -0.2) is 32.0 Å². The number of amides is 1. The fraction of sp³-hybridized carbons (Fsp3) is 0.316. The van der Waals surface area contributed by atoms with E-state index in [-0.39, 0.29) is 5.91 Å². The molecule has 0 aliphatic heterocycles. The van der Waals surface area contributed by atoms with Gasteiger partial charge in [-0.1, -0.05) is 37.3 Å². The van der Waals surface area contributed by atoms with Crippen molar-refractivity contribution in [3.05, 3.63) is 71.3 Å². The van der Waals surface area contributed by atoms with Crippen molar-refractivity contribution in [2.45, 2.75) is 26.3 Å². The van der Waals surface area contributed by atoms with Gasteiger partial charge in [-0.2, -0.15) is 10.2 Å². The second-order valence-electron chi connectivity index (χ2n) is 6.03. The zero-order valence-electron chi connectivity index (χ0n) is 14.6. The lowest BCUT2D eigenvalue weighted by Gasteiger charge is -2.08. The molecule has 0 aliphatic carbocycles. The van der Waals surface area contributed by atoms with Crippen molar-refractivity contribution < 1.29 is 4.79 Å². The maximum absolute atomic E-state index is 12.5. The van der Waals surface area contributed by atoms with Gasteiger partial charge in [-0.25, -0.2) is 0 Å². The third-order valence-corrected chi connectivity index (χ3v) is 4.16. The van der Waals surface area contributed by atoms with E-state index in [9.17, 15) is 4.79 Å². The average Bonchev–Trinajstić information content (AvgIpc) is 3.21. The smallest absolute Gasteiger partial charge is 0.254 e. The van der Waals surface area contributed by atoms with Crippen LogP contribution in [0.5, 0.6) is 0 Å². The lowest BCUT2D eigenvalue weighted by molar-refractivity contribution is 0.0953. The number of hydrogen-bond donors (Lipinski definition) is 1. The van der Waals surface area contributed by atoms with Gasteiger partial charge in [0.2, 0.25) is 0 Å². The van der Waals surface area contributed by atoms with Gasteiger partial charge in [-0.3, -0.25) is 14.2 Å². The highest BCUT2D eigenvalue weighted by molar-refractivity contribution is 5.95. The number of rotatable bonds is 7. The van der Waals surface area contributed by atoms with Gasteiger partial charge in [0, 0.05) is 19.8 Å². The molecule has 0 aliphatic rings. The summed E-state index contributed by atoms with van der Waals surface area (Å²) in [5.41, 5.74) is 3.90. The van der Waals surface area contributed by atoms with Crippen LogP contribution >= 0.6 is 0 Å². The Hall–Kier alpha value is -2.89. The van der Waals surface area contributed by atoms with Gasteiger partial charge in [0.25, 0.3) is 5.91 Å². The first-order valence-corrected chi connectivity index (χ1v) is 8.51. The number of carbonyl (C=O) groups excluding carboxylic acids is 1. The molecule has 0 fully saturated rings. The Bertz CT molecular complexity index is 835. The second kappa shape index (κ2) is 7.79. The van der Waals surface area contributed by atoms with Gasteiger partial charge in [0.05, 0.1) is 30.2 Å². The van der Waals surface area contributed by atoms with E-state index < -0.39 is 0 Å². The van der Waals surface area contributed by atoms with Gasteiger partial charge >= 0.3 is 0 Å². The Labute approximate surface area is 147 Å². The molecule has 2 heterocycles. The van der Waals surface area contributed by atoms with Crippen LogP contribution in [0, 0.1) is 0 Å². The van der Waals surface area contributed by atoms with Gasteiger partial charge in [0.1, 0.15) is 0 Å². The van der Waals surface area contributed by atoms with Crippen LogP contribution < -0.4 is 5.32 Å². The summed E-state index contributed by atoms with van der Waals surface area (Å²) in [5, 5.41) is 11.5. The molecule has 0 atom stereocenters. The van der Waals surface area contributed by atoms with E-state index in [1.807, 2.05) is 49.2 Å². The molecular formula is C19H23N5O. The third kappa shape index (κ3) is 4.15. The van der Waals surface area contributed by atoms with Crippen LogP contribution in [0.1, 0.15) is 34.1 Å². The zero-order chi connectivity index (χ0) is 17.6. The number of nitrogens with one attached hydrogen (secondary N) is 1. The van der Waals surface area contributed by atoms with E-state index in [0.717, 1.165) is 24.1 Å². The molecule has 0 unspecified atom stereocenters. The van der Waals surface area contributed by atoms with E-state index in [1.165, 1.54) is 5.56 Å². The van der Waals surface area contributed by atoms with Crippen molar-refractivity contribution in [3.8, 4) is 0 Å². The largest absolute Gasteiger partial charge is 0.352 e. The molecule has 6 nitrogen and oxygen atoms in total. The predicted molar refractivity (Wildman–Crippen MR) is 96.4 cm³/mol. The summed E-state index contributed by atoms with van der Waals surface area (Å²) in [6.45, 7) is 3.30. The summed E-state index contributed by atoms with van der Waals surface area (Å²) in [7, 11) is 1.89. The maximum Gasteiger partial charge on any atom is 0.254 e. The Morgan fingerprint density at radius 2 is 1.92 bits per heavy atom. The minimum atomic E-state index is -0.0694. The Morgan fingerprint density at radius 3 is 2.60 bits per heavy atom. The Kier molecular flexibility index (Phi) is 5.28. The first kappa shape index (κ1) is 17.0. The van der Waals surface area contributed by atoms with E-state index in [2.05, 4.69) is 27.6 Å². The predicted octanol–water partition coefficient (Wildman–Crippen LogP) is 2.20. The normalized spacial score (nSPS) is 10.8. The molecule has 0 saturated carbocycles. The number of nitrogens with zero attached hydrogens (tertiary/aromatic N) is 4. The minimum absolute atomic E-state index is 0.0694. The average molecular weight is 337 g/mol. The number of aromatic nitrogens is 4. The molecule has 0 bridgehead atoms. The Morgan fingerprint density at radius 1 is 1.12 bits per heavy atom. The fourth-order valence-electron chi connectivity index (χ4n) is 2.88. The highest BCUT2D eigenvalue weighted by Gasteiger charge is 2.16. The van der Waals surface area contributed by atoms with Crippen LogP contribution in [0.2, 0.25) is 0 Å². The number of benzene rings is 1. The van der Waals surface area contributed by atoms with Crippen molar-refractivity contribution in [1.29, 1.82) is 0 Å². The highest BCUT2D eigenvalue weighted by atomic mass is 16.1. The molecule has 1 N–H and O–H groups in total. The lowest BCUT2D eigenvalue weighted by Crippen LogP contribution is -2.26. The highest BCUT2D eigenvalue weighted by Crippen LogP contribution is 2.12. The molecule has 25 heavy (non-hydrogen) atoms. The molecule has 1 aromatic carbocycles. The lowest BCUT2D eigenvalue weighted by atomic mass is 10.1.